The standard InChI is InChI=1S/C18H28O3/c1-12(20)6-7-14-13(2)15(21)10-16-17(3,11-19)8-5-9-18(14,16)4/h6-7,14-16,19,21H,2,5,8-11H2,1,3-4H3/b7-6+/t14-,15-,16-,17-,18+/m0/s1. The molecule has 21 heavy (non-hydrogen) atoms. The maximum Gasteiger partial charge on any atom is 0.152 e. The molecule has 0 radical (unpaired) electrons. The van der Waals surface area contributed by atoms with E-state index in [0.29, 0.717) is 6.42 Å². The quantitative estimate of drug-likeness (QED) is 0.621. The highest BCUT2D eigenvalue weighted by atomic mass is 16.3. The van der Waals surface area contributed by atoms with E-state index >= 15 is 0 Å². The van der Waals surface area contributed by atoms with Gasteiger partial charge in [-0.15, -0.1) is 0 Å². The van der Waals surface area contributed by atoms with E-state index in [-0.39, 0.29) is 35.1 Å². The Balaban J connectivity index is 2.43. The van der Waals surface area contributed by atoms with Crippen molar-refractivity contribution in [1.82, 2.24) is 0 Å². The van der Waals surface area contributed by atoms with Crippen LogP contribution in [-0.4, -0.2) is 28.7 Å². The molecule has 2 aliphatic rings. The van der Waals surface area contributed by atoms with Gasteiger partial charge in [0.25, 0.3) is 0 Å². The molecule has 2 saturated carbocycles. The third kappa shape index (κ3) is 2.74. The SMILES string of the molecule is C=C1[C@@H](O)C[C@H]2[C@](C)(CO)CCC[C@]2(C)[C@H]1/C=C/C(C)=O. The molecule has 2 rings (SSSR count). The summed E-state index contributed by atoms with van der Waals surface area (Å²) in [6.45, 7) is 10.1. The first-order valence-electron chi connectivity index (χ1n) is 7.91. The average molecular weight is 292 g/mol. The Kier molecular flexibility index (Phi) is 4.46. The van der Waals surface area contributed by atoms with Crippen molar-refractivity contribution in [1.29, 1.82) is 0 Å². The first-order valence-corrected chi connectivity index (χ1v) is 7.91. The fourth-order valence-corrected chi connectivity index (χ4v) is 4.71. The minimum Gasteiger partial charge on any atom is -0.396 e. The third-order valence-electron chi connectivity index (χ3n) is 5.98. The summed E-state index contributed by atoms with van der Waals surface area (Å²) >= 11 is 0. The summed E-state index contributed by atoms with van der Waals surface area (Å²) in [7, 11) is 0. The van der Waals surface area contributed by atoms with Gasteiger partial charge in [0.2, 0.25) is 0 Å². The summed E-state index contributed by atoms with van der Waals surface area (Å²) in [6.07, 6.45) is 6.74. The lowest BCUT2D eigenvalue weighted by molar-refractivity contribution is -0.112. The van der Waals surface area contributed by atoms with E-state index in [4.69, 9.17) is 0 Å². The predicted molar refractivity (Wildman–Crippen MR) is 83.7 cm³/mol. The zero-order valence-electron chi connectivity index (χ0n) is 13.4. The van der Waals surface area contributed by atoms with E-state index in [1.165, 1.54) is 6.92 Å². The molecule has 0 amide bonds. The number of hydrogen-bond acceptors (Lipinski definition) is 3. The number of rotatable bonds is 3. The fraction of sp³-hybridized carbons (Fsp3) is 0.722. The van der Waals surface area contributed by atoms with Crippen LogP contribution < -0.4 is 0 Å². The molecule has 5 atom stereocenters. The minimum atomic E-state index is -0.548. The highest BCUT2D eigenvalue weighted by Crippen LogP contribution is 2.61. The molecule has 0 aliphatic heterocycles. The van der Waals surface area contributed by atoms with Crippen molar-refractivity contribution in [3.05, 3.63) is 24.3 Å². The topological polar surface area (TPSA) is 57.5 Å². The Morgan fingerprint density at radius 2 is 2.10 bits per heavy atom. The first-order chi connectivity index (χ1) is 9.74. The Morgan fingerprint density at radius 3 is 2.67 bits per heavy atom. The van der Waals surface area contributed by atoms with Crippen LogP contribution in [0.1, 0.15) is 46.5 Å². The van der Waals surface area contributed by atoms with E-state index in [0.717, 1.165) is 24.8 Å². The Hall–Kier alpha value is -0.930. The summed E-state index contributed by atoms with van der Waals surface area (Å²) in [5.41, 5.74) is 0.614. The number of fused-ring (bicyclic) bond motifs is 1. The van der Waals surface area contributed by atoms with Gasteiger partial charge in [-0.25, -0.2) is 0 Å². The van der Waals surface area contributed by atoms with Crippen LogP contribution in [0.25, 0.3) is 0 Å². The number of hydrogen-bond donors (Lipinski definition) is 2. The van der Waals surface area contributed by atoms with Gasteiger partial charge in [0.15, 0.2) is 5.78 Å². The molecule has 3 nitrogen and oxygen atoms in total. The van der Waals surface area contributed by atoms with E-state index in [1.54, 1.807) is 6.08 Å². The number of ketones is 1. The lowest BCUT2D eigenvalue weighted by Gasteiger charge is -2.58. The third-order valence-corrected chi connectivity index (χ3v) is 5.98. The van der Waals surface area contributed by atoms with E-state index in [1.807, 2.05) is 6.08 Å². The number of aliphatic hydroxyl groups is 2. The Bertz CT molecular complexity index is 467. The predicted octanol–water partition coefficient (Wildman–Crippen LogP) is 2.87. The van der Waals surface area contributed by atoms with E-state index in [2.05, 4.69) is 20.4 Å². The van der Waals surface area contributed by atoms with Crippen molar-refractivity contribution in [3.63, 3.8) is 0 Å². The van der Waals surface area contributed by atoms with Crippen LogP contribution in [0.5, 0.6) is 0 Å². The van der Waals surface area contributed by atoms with Gasteiger partial charge in [-0.2, -0.15) is 0 Å². The van der Waals surface area contributed by atoms with Crippen LogP contribution in [0, 0.1) is 22.7 Å². The maximum atomic E-state index is 11.3. The van der Waals surface area contributed by atoms with Crippen LogP contribution in [-0.2, 0) is 4.79 Å². The zero-order chi connectivity index (χ0) is 15.8. The van der Waals surface area contributed by atoms with Crippen molar-refractivity contribution < 1.29 is 15.0 Å². The number of aliphatic hydroxyl groups excluding tert-OH is 2. The monoisotopic (exact) mass is 292 g/mol. The van der Waals surface area contributed by atoms with Crippen LogP contribution in [0.3, 0.4) is 0 Å². The Labute approximate surface area is 127 Å². The second-order valence-electron chi connectivity index (χ2n) is 7.50. The van der Waals surface area contributed by atoms with Crippen LogP contribution in [0.2, 0.25) is 0 Å². The van der Waals surface area contributed by atoms with Crippen molar-refractivity contribution in [2.45, 2.75) is 52.6 Å². The maximum absolute atomic E-state index is 11.3. The Morgan fingerprint density at radius 1 is 1.43 bits per heavy atom. The molecular formula is C18H28O3. The smallest absolute Gasteiger partial charge is 0.152 e. The zero-order valence-corrected chi connectivity index (χ0v) is 13.4. The molecular weight excluding hydrogens is 264 g/mol. The highest BCUT2D eigenvalue weighted by Gasteiger charge is 2.55. The van der Waals surface area contributed by atoms with Gasteiger partial charge in [0.05, 0.1) is 6.10 Å². The second kappa shape index (κ2) is 5.69. The number of allylic oxidation sites excluding steroid dienone is 2. The molecule has 0 heterocycles. The van der Waals surface area contributed by atoms with Gasteiger partial charge in [-0.05, 0) is 54.6 Å². The minimum absolute atomic E-state index is 0.00123. The van der Waals surface area contributed by atoms with Crippen molar-refractivity contribution >= 4 is 5.78 Å². The molecule has 0 spiro atoms. The summed E-state index contributed by atoms with van der Waals surface area (Å²) in [6, 6.07) is 0. The molecule has 2 fully saturated rings. The van der Waals surface area contributed by atoms with Gasteiger partial charge in [0.1, 0.15) is 0 Å². The second-order valence-corrected chi connectivity index (χ2v) is 7.50. The van der Waals surface area contributed by atoms with Crippen LogP contribution in [0.15, 0.2) is 24.3 Å². The number of carbonyl (C=O) groups is 1. The normalized spacial score (nSPS) is 43.9. The molecule has 0 saturated heterocycles. The molecule has 2 aliphatic carbocycles. The average Bonchev–Trinajstić information content (AvgIpc) is 2.41. The van der Waals surface area contributed by atoms with Crippen molar-refractivity contribution in [3.8, 4) is 0 Å². The van der Waals surface area contributed by atoms with Crippen LogP contribution >= 0.6 is 0 Å². The molecule has 0 aromatic heterocycles. The summed E-state index contributed by atoms with van der Waals surface area (Å²) in [4.78, 5) is 11.3. The molecule has 0 aromatic rings. The molecule has 2 N–H and O–H groups in total. The molecule has 0 bridgehead atoms. The van der Waals surface area contributed by atoms with Crippen molar-refractivity contribution in [2.24, 2.45) is 22.7 Å². The fourth-order valence-electron chi connectivity index (χ4n) is 4.71. The summed E-state index contributed by atoms with van der Waals surface area (Å²) < 4.78 is 0. The molecule has 3 heteroatoms. The lowest BCUT2D eigenvalue weighted by atomic mass is 9.47. The molecule has 118 valence electrons. The van der Waals surface area contributed by atoms with Gasteiger partial charge in [0, 0.05) is 12.5 Å². The molecule has 0 aromatic carbocycles. The number of carbonyl (C=O) groups excluding carboxylic acids is 1. The summed E-state index contributed by atoms with van der Waals surface area (Å²) in [5, 5.41) is 20.3. The van der Waals surface area contributed by atoms with Gasteiger partial charge >= 0.3 is 0 Å². The lowest BCUT2D eigenvalue weighted by Crippen LogP contribution is -2.54. The molecule has 0 unspecified atom stereocenters. The van der Waals surface area contributed by atoms with Gasteiger partial charge in [-0.3, -0.25) is 4.79 Å². The van der Waals surface area contributed by atoms with E-state index in [9.17, 15) is 15.0 Å². The largest absolute Gasteiger partial charge is 0.396 e. The van der Waals surface area contributed by atoms with E-state index < -0.39 is 6.10 Å². The summed E-state index contributed by atoms with van der Waals surface area (Å²) in [5.74, 6) is 0.260. The van der Waals surface area contributed by atoms with Crippen LogP contribution in [0.4, 0.5) is 0 Å². The van der Waals surface area contributed by atoms with Gasteiger partial charge in [-0.1, -0.05) is 32.9 Å². The first kappa shape index (κ1) is 16.4. The van der Waals surface area contributed by atoms with Gasteiger partial charge < -0.3 is 10.2 Å². The van der Waals surface area contributed by atoms with Crippen molar-refractivity contribution in [2.75, 3.05) is 6.61 Å². The highest BCUT2D eigenvalue weighted by molar-refractivity contribution is 5.87.